The Bertz CT molecular complexity index is 617. The molecule has 0 spiro atoms. The van der Waals surface area contributed by atoms with Crippen LogP contribution in [0.15, 0.2) is 36.4 Å². The van der Waals surface area contributed by atoms with E-state index in [1.807, 2.05) is 36.2 Å². The SMILES string of the molecule is COc1ccccc1CN(C)c1cc(Cl)c(Cl)cc1N. The number of methoxy groups -OCH3 is 1. The average Bonchev–Trinajstić information content (AvgIpc) is 2.43. The molecule has 0 aromatic heterocycles. The minimum Gasteiger partial charge on any atom is -0.496 e. The van der Waals surface area contributed by atoms with E-state index >= 15 is 0 Å². The van der Waals surface area contributed by atoms with Gasteiger partial charge < -0.3 is 15.4 Å². The molecule has 0 unspecified atom stereocenters. The molecule has 2 rings (SSSR count). The third-order valence-electron chi connectivity index (χ3n) is 3.08. The summed E-state index contributed by atoms with van der Waals surface area (Å²) in [5, 5.41) is 0.946. The smallest absolute Gasteiger partial charge is 0.123 e. The molecule has 0 aliphatic rings. The Kier molecular flexibility index (Phi) is 4.63. The van der Waals surface area contributed by atoms with E-state index in [1.165, 1.54) is 0 Å². The minimum absolute atomic E-state index is 0.457. The van der Waals surface area contributed by atoms with Crippen molar-refractivity contribution in [1.29, 1.82) is 0 Å². The van der Waals surface area contributed by atoms with Gasteiger partial charge in [-0.05, 0) is 18.2 Å². The first-order chi connectivity index (χ1) is 9.52. The van der Waals surface area contributed by atoms with Crippen molar-refractivity contribution in [1.82, 2.24) is 0 Å². The van der Waals surface area contributed by atoms with E-state index in [9.17, 15) is 0 Å². The number of nitrogens with two attached hydrogens (primary N) is 1. The summed E-state index contributed by atoms with van der Waals surface area (Å²) in [5.41, 5.74) is 8.50. The summed E-state index contributed by atoms with van der Waals surface area (Å²) in [6.07, 6.45) is 0. The Hall–Kier alpha value is -1.58. The van der Waals surface area contributed by atoms with Crippen LogP contribution in [-0.4, -0.2) is 14.2 Å². The van der Waals surface area contributed by atoms with Gasteiger partial charge in [-0.3, -0.25) is 0 Å². The summed E-state index contributed by atoms with van der Waals surface area (Å²) in [6.45, 7) is 0.659. The van der Waals surface area contributed by atoms with Gasteiger partial charge in [0.2, 0.25) is 0 Å². The maximum Gasteiger partial charge on any atom is 0.123 e. The third kappa shape index (κ3) is 3.11. The summed E-state index contributed by atoms with van der Waals surface area (Å²) in [5.74, 6) is 0.845. The number of ether oxygens (including phenoxy) is 1. The lowest BCUT2D eigenvalue weighted by molar-refractivity contribution is 0.409. The fraction of sp³-hybridized carbons (Fsp3) is 0.200. The number of rotatable bonds is 4. The molecule has 20 heavy (non-hydrogen) atoms. The van der Waals surface area contributed by atoms with Gasteiger partial charge in [-0.25, -0.2) is 0 Å². The van der Waals surface area contributed by atoms with E-state index in [-0.39, 0.29) is 0 Å². The van der Waals surface area contributed by atoms with Crippen molar-refractivity contribution in [3.05, 3.63) is 52.0 Å². The predicted octanol–water partition coefficient (Wildman–Crippen LogP) is 4.22. The maximum atomic E-state index is 6.05. The highest BCUT2D eigenvalue weighted by atomic mass is 35.5. The molecule has 0 aliphatic heterocycles. The number of hydrogen-bond acceptors (Lipinski definition) is 3. The van der Waals surface area contributed by atoms with Gasteiger partial charge in [-0.2, -0.15) is 0 Å². The highest BCUT2D eigenvalue weighted by molar-refractivity contribution is 6.42. The first kappa shape index (κ1) is 14.8. The molecule has 2 N–H and O–H groups in total. The molecule has 0 amide bonds. The average molecular weight is 311 g/mol. The van der Waals surface area contributed by atoms with E-state index in [1.54, 1.807) is 19.2 Å². The number of hydrogen-bond donors (Lipinski definition) is 1. The van der Waals surface area contributed by atoms with Crippen LogP contribution >= 0.6 is 23.2 Å². The molecule has 0 saturated heterocycles. The zero-order valence-corrected chi connectivity index (χ0v) is 12.9. The van der Waals surface area contributed by atoms with Crippen molar-refractivity contribution in [2.45, 2.75) is 6.54 Å². The molecule has 0 heterocycles. The quantitative estimate of drug-likeness (QED) is 0.859. The second kappa shape index (κ2) is 6.25. The lowest BCUT2D eigenvalue weighted by Crippen LogP contribution is -2.18. The molecular weight excluding hydrogens is 295 g/mol. The van der Waals surface area contributed by atoms with Gasteiger partial charge in [0, 0.05) is 19.2 Å². The molecule has 2 aromatic rings. The number of nitrogens with zero attached hydrogens (tertiary/aromatic N) is 1. The Morgan fingerprint density at radius 2 is 1.80 bits per heavy atom. The molecule has 0 saturated carbocycles. The van der Waals surface area contributed by atoms with E-state index < -0.39 is 0 Å². The van der Waals surface area contributed by atoms with Crippen LogP contribution in [-0.2, 0) is 6.54 Å². The number of para-hydroxylation sites is 1. The minimum atomic E-state index is 0.457. The maximum absolute atomic E-state index is 6.05. The van der Waals surface area contributed by atoms with Crippen LogP contribution in [0.1, 0.15) is 5.56 Å². The molecule has 0 bridgehead atoms. The summed E-state index contributed by atoms with van der Waals surface area (Å²) in [6, 6.07) is 11.3. The first-order valence-corrected chi connectivity index (χ1v) is 6.86. The third-order valence-corrected chi connectivity index (χ3v) is 3.80. The van der Waals surface area contributed by atoms with Crippen molar-refractivity contribution >= 4 is 34.6 Å². The van der Waals surface area contributed by atoms with Gasteiger partial charge in [0.1, 0.15) is 5.75 Å². The topological polar surface area (TPSA) is 38.5 Å². The molecule has 5 heteroatoms. The van der Waals surface area contributed by atoms with Gasteiger partial charge in [0.15, 0.2) is 0 Å². The molecule has 106 valence electrons. The van der Waals surface area contributed by atoms with Crippen LogP contribution in [0.25, 0.3) is 0 Å². The highest BCUT2D eigenvalue weighted by Gasteiger charge is 2.11. The van der Waals surface area contributed by atoms with Crippen molar-refractivity contribution in [3.8, 4) is 5.75 Å². The second-order valence-electron chi connectivity index (χ2n) is 4.49. The Morgan fingerprint density at radius 3 is 2.50 bits per heavy atom. The van der Waals surface area contributed by atoms with Gasteiger partial charge >= 0.3 is 0 Å². The van der Waals surface area contributed by atoms with Crippen molar-refractivity contribution < 1.29 is 4.74 Å². The normalized spacial score (nSPS) is 10.4. The van der Waals surface area contributed by atoms with E-state index in [4.69, 9.17) is 33.7 Å². The zero-order valence-electron chi connectivity index (χ0n) is 11.4. The van der Waals surface area contributed by atoms with E-state index in [0.29, 0.717) is 22.3 Å². The Balaban J connectivity index is 2.28. The number of anilines is 2. The lowest BCUT2D eigenvalue weighted by atomic mass is 10.1. The van der Waals surface area contributed by atoms with Crippen LogP contribution in [0.3, 0.4) is 0 Å². The second-order valence-corrected chi connectivity index (χ2v) is 5.31. The van der Waals surface area contributed by atoms with Crippen LogP contribution in [0.5, 0.6) is 5.75 Å². The summed E-state index contributed by atoms with van der Waals surface area (Å²) < 4.78 is 5.35. The van der Waals surface area contributed by atoms with Gasteiger partial charge in [-0.1, -0.05) is 41.4 Å². The monoisotopic (exact) mass is 310 g/mol. The number of nitrogen functional groups attached to an aromatic ring is 1. The first-order valence-electron chi connectivity index (χ1n) is 6.10. The molecule has 2 aromatic carbocycles. The van der Waals surface area contributed by atoms with Crippen molar-refractivity contribution in [3.63, 3.8) is 0 Å². The summed E-state index contributed by atoms with van der Waals surface area (Å²) >= 11 is 12.0. The number of benzene rings is 2. The van der Waals surface area contributed by atoms with Crippen LogP contribution in [0, 0.1) is 0 Å². The van der Waals surface area contributed by atoms with Crippen molar-refractivity contribution in [2.24, 2.45) is 0 Å². The standard InChI is InChI=1S/C15H16Cl2N2O/c1-19(9-10-5-3-4-6-15(10)20-2)14-8-12(17)11(16)7-13(14)18/h3-8H,9,18H2,1-2H3. The van der Waals surface area contributed by atoms with Gasteiger partial charge in [-0.15, -0.1) is 0 Å². The summed E-state index contributed by atoms with van der Waals surface area (Å²) in [4.78, 5) is 2.01. The van der Waals surface area contributed by atoms with Crippen LogP contribution in [0.2, 0.25) is 10.0 Å². The van der Waals surface area contributed by atoms with Gasteiger partial charge in [0.05, 0.1) is 28.5 Å². The Labute approximate surface area is 128 Å². The zero-order chi connectivity index (χ0) is 14.7. The molecule has 0 radical (unpaired) electrons. The van der Waals surface area contributed by atoms with Crippen molar-refractivity contribution in [2.75, 3.05) is 24.8 Å². The molecule has 0 aliphatic carbocycles. The molecule has 0 atom stereocenters. The Morgan fingerprint density at radius 1 is 1.15 bits per heavy atom. The predicted molar refractivity (Wildman–Crippen MR) is 86.0 cm³/mol. The number of halogens is 2. The largest absolute Gasteiger partial charge is 0.496 e. The van der Waals surface area contributed by atoms with Crippen LogP contribution < -0.4 is 15.4 Å². The fourth-order valence-corrected chi connectivity index (χ4v) is 2.39. The van der Waals surface area contributed by atoms with Crippen LogP contribution in [0.4, 0.5) is 11.4 Å². The molecule has 0 fully saturated rings. The van der Waals surface area contributed by atoms with E-state index in [2.05, 4.69) is 0 Å². The lowest BCUT2D eigenvalue weighted by Gasteiger charge is -2.22. The van der Waals surface area contributed by atoms with E-state index in [0.717, 1.165) is 17.0 Å². The highest BCUT2D eigenvalue weighted by Crippen LogP contribution is 2.33. The summed E-state index contributed by atoms with van der Waals surface area (Å²) in [7, 11) is 3.61. The molecule has 3 nitrogen and oxygen atoms in total. The molecular formula is C15H16Cl2N2O. The fourth-order valence-electron chi connectivity index (χ4n) is 2.06. The van der Waals surface area contributed by atoms with Gasteiger partial charge in [0.25, 0.3) is 0 Å².